The minimum absolute atomic E-state index is 0.0722. The van der Waals surface area contributed by atoms with E-state index in [1.165, 1.54) is 13.2 Å². The lowest BCUT2D eigenvalue weighted by Crippen LogP contribution is -2.40. The molecule has 1 amide bonds. The second-order valence-corrected chi connectivity index (χ2v) is 8.54. The molecule has 0 aliphatic heterocycles. The molecule has 2 heterocycles. The van der Waals surface area contributed by atoms with E-state index in [9.17, 15) is 15.1 Å². The summed E-state index contributed by atoms with van der Waals surface area (Å²) in [7, 11) is 1.54. The predicted octanol–water partition coefficient (Wildman–Crippen LogP) is 3.28. The van der Waals surface area contributed by atoms with E-state index in [0.29, 0.717) is 17.1 Å². The Balaban J connectivity index is 1.42. The molecular formula is C23H26N4O4. The van der Waals surface area contributed by atoms with Crippen LogP contribution in [0.1, 0.15) is 66.7 Å². The molecule has 2 aliphatic carbocycles. The standard InChI is InChI=1S/C23H26N4O4/c1-31-22-12-18-15(13-26(25-18)16-7-9-17(28)10-8-16)11-19(22)24-23(29)21-4-2-3-20(27(21)30)14-5-6-14/h2-4,11-14,16-17,28H,5-10H2,1H3,(H,24,29)/t16-,17+. The van der Waals surface area contributed by atoms with Gasteiger partial charge >= 0.3 is 5.91 Å². The highest BCUT2D eigenvalue weighted by Crippen LogP contribution is 2.38. The third-order valence-corrected chi connectivity index (χ3v) is 6.33. The number of hydrogen-bond donors (Lipinski definition) is 2. The van der Waals surface area contributed by atoms with E-state index in [4.69, 9.17) is 4.74 Å². The monoisotopic (exact) mass is 422 g/mol. The first kappa shape index (κ1) is 19.8. The Morgan fingerprint density at radius 2 is 2.00 bits per heavy atom. The van der Waals surface area contributed by atoms with Gasteiger partial charge in [-0.2, -0.15) is 9.83 Å². The summed E-state index contributed by atoms with van der Waals surface area (Å²) in [5.74, 6) is 0.271. The lowest BCUT2D eigenvalue weighted by molar-refractivity contribution is -0.616. The Hall–Kier alpha value is -3.13. The zero-order valence-electron chi connectivity index (χ0n) is 17.5. The molecule has 2 N–H and O–H groups in total. The molecule has 2 saturated carbocycles. The van der Waals surface area contributed by atoms with Crippen LogP contribution in [0.5, 0.6) is 5.75 Å². The molecule has 2 aromatic heterocycles. The van der Waals surface area contributed by atoms with Gasteiger partial charge in [0.1, 0.15) is 5.75 Å². The van der Waals surface area contributed by atoms with E-state index in [0.717, 1.165) is 54.2 Å². The van der Waals surface area contributed by atoms with Gasteiger partial charge in [0.05, 0.1) is 30.5 Å². The van der Waals surface area contributed by atoms with Crippen LogP contribution in [0, 0.1) is 5.21 Å². The SMILES string of the molecule is COc1cc2nn([C@H]3CC[C@@H](O)CC3)cc2cc1NC(=O)c1cccc(C2CC2)[n+]1[O-]. The third-order valence-electron chi connectivity index (χ3n) is 6.33. The number of aliphatic hydroxyl groups excluding tert-OH is 1. The molecule has 31 heavy (non-hydrogen) atoms. The van der Waals surface area contributed by atoms with E-state index in [2.05, 4.69) is 10.4 Å². The van der Waals surface area contributed by atoms with E-state index in [1.54, 1.807) is 18.2 Å². The molecular weight excluding hydrogens is 396 g/mol. The Bertz CT molecular complexity index is 1130. The molecule has 8 nitrogen and oxygen atoms in total. The second kappa shape index (κ2) is 7.85. The molecule has 8 heteroatoms. The number of fused-ring (bicyclic) bond motifs is 1. The fourth-order valence-electron chi connectivity index (χ4n) is 4.40. The van der Waals surface area contributed by atoms with Gasteiger partial charge in [0.2, 0.25) is 0 Å². The van der Waals surface area contributed by atoms with Crippen molar-refractivity contribution in [1.29, 1.82) is 0 Å². The number of anilines is 1. The molecule has 0 bridgehead atoms. The Morgan fingerprint density at radius 3 is 2.71 bits per heavy atom. The summed E-state index contributed by atoms with van der Waals surface area (Å²) >= 11 is 0. The van der Waals surface area contributed by atoms with Crippen molar-refractivity contribution in [3.63, 3.8) is 0 Å². The van der Waals surface area contributed by atoms with Gasteiger partial charge in [0, 0.05) is 35.7 Å². The molecule has 162 valence electrons. The van der Waals surface area contributed by atoms with E-state index < -0.39 is 5.91 Å². The number of carbonyl (C=O) groups excluding carboxylic acids is 1. The van der Waals surface area contributed by atoms with Crippen LogP contribution in [0.25, 0.3) is 10.9 Å². The predicted molar refractivity (Wildman–Crippen MR) is 115 cm³/mol. The zero-order chi connectivity index (χ0) is 21.5. The maximum atomic E-state index is 12.9. The normalized spacial score (nSPS) is 21.2. The number of carbonyl (C=O) groups is 1. The molecule has 3 aromatic rings. The maximum absolute atomic E-state index is 12.9. The van der Waals surface area contributed by atoms with Crippen molar-refractivity contribution in [2.24, 2.45) is 0 Å². The molecule has 2 fully saturated rings. The fraction of sp³-hybridized carbons (Fsp3) is 0.435. The third kappa shape index (κ3) is 3.83. The average molecular weight is 422 g/mol. The van der Waals surface area contributed by atoms with Crippen LogP contribution in [0.2, 0.25) is 0 Å². The smallest absolute Gasteiger partial charge is 0.321 e. The van der Waals surface area contributed by atoms with Gasteiger partial charge in [-0.1, -0.05) is 0 Å². The highest BCUT2D eigenvalue weighted by Gasteiger charge is 2.33. The summed E-state index contributed by atoms with van der Waals surface area (Å²) in [6, 6.07) is 8.95. The minimum Gasteiger partial charge on any atom is -0.618 e. The number of hydrogen-bond acceptors (Lipinski definition) is 5. The number of methoxy groups -OCH3 is 1. The number of aliphatic hydroxyl groups is 1. The lowest BCUT2D eigenvalue weighted by Gasteiger charge is -2.25. The largest absolute Gasteiger partial charge is 0.618 e. The number of ether oxygens (including phenoxy) is 1. The summed E-state index contributed by atoms with van der Waals surface area (Å²) in [6.45, 7) is 0. The van der Waals surface area contributed by atoms with Gasteiger partial charge in [-0.3, -0.25) is 9.48 Å². The molecule has 0 unspecified atom stereocenters. The first-order chi connectivity index (χ1) is 15.0. The van der Waals surface area contributed by atoms with Crippen molar-refractivity contribution in [2.75, 3.05) is 12.4 Å². The van der Waals surface area contributed by atoms with E-state index >= 15 is 0 Å². The van der Waals surface area contributed by atoms with Gasteiger partial charge in [0.15, 0.2) is 5.69 Å². The molecule has 0 saturated heterocycles. The van der Waals surface area contributed by atoms with Crippen LogP contribution < -0.4 is 14.8 Å². The van der Waals surface area contributed by atoms with Crippen LogP contribution in [0.15, 0.2) is 36.5 Å². The molecule has 0 radical (unpaired) electrons. The van der Waals surface area contributed by atoms with E-state index in [1.807, 2.05) is 16.9 Å². The van der Waals surface area contributed by atoms with Crippen molar-refractivity contribution in [1.82, 2.24) is 9.78 Å². The van der Waals surface area contributed by atoms with E-state index in [-0.39, 0.29) is 23.8 Å². The summed E-state index contributed by atoms with van der Waals surface area (Å²) in [6.07, 6.45) is 7.05. The summed E-state index contributed by atoms with van der Waals surface area (Å²) in [5, 5.41) is 30.8. The van der Waals surface area contributed by atoms with Crippen molar-refractivity contribution in [3.8, 4) is 5.75 Å². The molecule has 5 rings (SSSR count). The number of amides is 1. The first-order valence-electron chi connectivity index (χ1n) is 10.8. The van der Waals surface area contributed by atoms with Crippen LogP contribution in [-0.2, 0) is 0 Å². The topological polar surface area (TPSA) is 103 Å². The van der Waals surface area contributed by atoms with Crippen LogP contribution >= 0.6 is 0 Å². The van der Waals surface area contributed by atoms with Crippen molar-refractivity contribution >= 4 is 22.5 Å². The van der Waals surface area contributed by atoms with Crippen molar-refractivity contribution in [2.45, 2.75) is 56.6 Å². The number of rotatable bonds is 5. The van der Waals surface area contributed by atoms with Crippen molar-refractivity contribution < 1.29 is 19.4 Å². The van der Waals surface area contributed by atoms with Gasteiger partial charge in [-0.05, 0) is 50.7 Å². The lowest BCUT2D eigenvalue weighted by atomic mass is 9.93. The van der Waals surface area contributed by atoms with Gasteiger partial charge in [-0.15, -0.1) is 0 Å². The fourth-order valence-corrected chi connectivity index (χ4v) is 4.40. The summed E-state index contributed by atoms with van der Waals surface area (Å²) in [4.78, 5) is 12.9. The molecule has 2 aliphatic rings. The highest BCUT2D eigenvalue weighted by atomic mass is 16.5. The quantitative estimate of drug-likeness (QED) is 0.485. The zero-order valence-corrected chi connectivity index (χ0v) is 17.5. The van der Waals surface area contributed by atoms with Gasteiger partial charge < -0.3 is 20.4 Å². The van der Waals surface area contributed by atoms with Crippen LogP contribution in [0.4, 0.5) is 5.69 Å². The molecule has 1 aromatic carbocycles. The summed E-state index contributed by atoms with van der Waals surface area (Å²) < 4.78 is 8.17. The Kier molecular flexibility index (Phi) is 5.02. The van der Waals surface area contributed by atoms with Crippen molar-refractivity contribution in [3.05, 3.63) is 53.1 Å². The molecule has 0 spiro atoms. The Morgan fingerprint density at radius 1 is 1.23 bits per heavy atom. The van der Waals surface area contributed by atoms with Crippen LogP contribution in [0.3, 0.4) is 0 Å². The van der Waals surface area contributed by atoms with Gasteiger partial charge in [0.25, 0.3) is 5.69 Å². The van der Waals surface area contributed by atoms with Gasteiger partial charge in [-0.25, -0.2) is 0 Å². The average Bonchev–Trinajstić information content (AvgIpc) is 3.53. The molecule has 0 atom stereocenters. The number of aromatic nitrogens is 3. The second-order valence-electron chi connectivity index (χ2n) is 8.54. The number of pyridine rings is 1. The number of nitrogens with one attached hydrogen (secondary N) is 1. The van der Waals surface area contributed by atoms with Crippen LogP contribution in [-0.4, -0.2) is 34.0 Å². The maximum Gasteiger partial charge on any atom is 0.321 e. The minimum atomic E-state index is -0.469. The number of nitrogens with zero attached hydrogens (tertiary/aromatic N) is 3. The highest BCUT2D eigenvalue weighted by molar-refractivity contribution is 6.04. The Labute approximate surface area is 180 Å². The number of benzene rings is 1. The first-order valence-corrected chi connectivity index (χ1v) is 10.8. The summed E-state index contributed by atoms with van der Waals surface area (Å²) in [5.41, 5.74) is 1.99.